The topological polar surface area (TPSA) is 55.4 Å². The Bertz CT molecular complexity index is 696. The van der Waals surface area contributed by atoms with Gasteiger partial charge in [-0.15, -0.1) is 0 Å². The number of esters is 1. The van der Waals surface area contributed by atoms with Crippen molar-refractivity contribution in [3.05, 3.63) is 63.6 Å². The maximum Gasteiger partial charge on any atom is 0.337 e. The first-order chi connectivity index (χ1) is 10.5. The van der Waals surface area contributed by atoms with Crippen molar-refractivity contribution in [2.45, 2.75) is 6.42 Å². The van der Waals surface area contributed by atoms with Gasteiger partial charge in [0.1, 0.15) is 0 Å². The van der Waals surface area contributed by atoms with Crippen molar-refractivity contribution in [1.82, 2.24) is 0 Å². The first-order valence-electron chi connectivity index (χ1n) is 6.73. The number of benzene rings is 2. The zero-order valence-corrected chi connectivity index (χ0v) is 13.9. The summed E-state index contributed by atoms with van der Waals surface area (Å²) in [7, 11) is 3.04. The number of Topliss-reactive ketones (excluding diaryl/α,β-unsaturated/α-hetero) is 1. The highest BCUT2D eigenvalue weighted by atomic mass is 79.9. The summed E-state index contributed by atoms with van der Waals surface area (Å²) in [6, 6.07) is 12.5. The maximum absolute atomic E-state index is 12.5. The standard InChI is InChI=1S/C17H16BrNO3/c1-19-15-10-12(17(21)22-2)5-8-14(15)16(20)9-11-3-6-13(18)7-4-11/h3-8,10,19H,9H2,1-2H3. The molecule has 0 spiro atoms. The first kappa shape index (κ1) is 16.2. The molecule has 0 aliphatic carbocycles. The van der Waals surface area contributed by atoms with E-state index in [0.717, 1.165) is 10.0 Å². The Kier molecular flexibility index (Phi) is 5.33. The SMILES string of the molecule is CNc1cc(C(=O)OC)ccc1C(=O)Cc1ccc(Br)cc1. The molecule has 114 valence electrons. The monoisotopic (exact) mass is 361 g/mol. The van der Waals surface area contributed by atoms with Crippen LogP contribution in [-0.4, -0.2) is 25.9 Å². The molecule has 0 aliphatic rings. The molecular weight excluding hydrogens is 346 g/mol. The lowest BCUT2D eigenvalue weighted by Gasteiger charge is -2.10. The summed E-state index contributed by atoms with van der Waals surface area (Å²) in [4.78, 5) is 24.0. The summed E-state index contributed by atoms with van der Waals surface area (Å²) in [5.74, 6) is -0.438. The molecule has 0 bridgehead atoms. The van der Waals surface area contributed by atoms with E-state index in [2.05, 4.69) is 26.0 Å². The lowest BCUT2D eigenvalue weighted by molar-refractivity contribution is 0.0600. The van der Waals surface area contributed by atoms with Gasteiger partial charge in [-0.25, -0.2) is 4.79 Å². The second kappa shape index (κ2) is 7.22. The highest BCUT2D eigenvalue weighted by Gasteiger charge is 2.15. The van der Waals surface area contributed by atoms with Crippen molar-refractivity contribution in [1.29, 1.82) is 0 Å². The predicted octanol–water partition coefficient (Wildman–Crippen LogP) is 3.70. The Balaban J connectivity index is 2.25. The fourth-order valence-electron chi connectivity index (χ4n) is 2.12. The molecule has 0 saturated heterocycles. The third-order valence-electron chi connectivity index (χ3n) is 3.29. The van der Waals surface area contributed by atoms with Gasteiger partial charge in [0, 0.05) is 29.2 Å². The van der Waals surface area contributed by atoms with E-state index in [4.69, 9.17) is 0 Å². The zero-order valence-electron chi connectivity index (χ0n) is 12.4. The Hall–Kier alpha value is -2.14. The van der Waals surface area contributed by atoms with Crippen LogP contribution in [0.4, 0.5) is 5.69 Å². The summed E-state index contributed by atoms with van der Waals surface area (Å²) < 4.78 is 5.66. The zero-order chi connectivity index (χ0) is 16.1. The van der Waals surface area contributed by atoms with Gasteiger partial charge < -0.3 is 10.1 Å². The molecule has 1 N–H and O–H groups in total. The molecular formula is C17H16BrNO3. The van der Waals surface area contributed by atoms with E-state index >= 15 is 0 Å². The smallest absolute Gasteiger partial charge is 0.337 e. The fourth-order valence-corrected chi connectivity index (χ4v) is 2.39. The lowest BCUT2D eigenvalue weighted by atomic mass is 10.00. The molecule has 0 fully saturated rings. The molecule has 0 radical (unpaired) electrons. The quantitative estimate of drug-likeness (QED) is 0.651. The van der Waals surface area contributed by atoms with Gasteiger partial charge in [-0.05, 0) is 35.9 Å². The van der Waals surface area contributed by atoms with Gasteiger partial charge >= 0.3 is 5.97 Å². The number of halogens is 1. The minimum Gasteiger partial charge on any atom is -0.465 e. The van der Waals surface area contributed by atoms with Crippen LogP contribution in [0, 0.1) is 0 Å². The number of rotatable bonds is 5. The van der Waals surface area contributed by atoms with Crippen LogP contribution in [0.5, 0.6) is 0 Å². The average Bonchev–Trinajstić information content (AvgIpc) is 2.55. The summed E-state index contributed by atoms with van der Waals surface area (Å²) in [5, 5.41) is 2.95. The summed E-state index contributed by atoms with van der Waals surface area (Å²) in [6.07, 6.45) is 0.305. The second-order valence-electron chi connectivity index (χ2n) is 4.73. The van der Waals surface area contributed by atoms with E-state index in [0.29, 0.717) is 23.2 Å². The number of hydrogen-bond acceptors (Lipinski definition) is 4. The van der Waals surface area contributed by atoms with Gasteiger partial charge in [-0.3, -0.25) is 4.79 Å². The van der Waals surface area contributed by atoms with Crippen LogP contribution < -0.4 is 5.32 Å². The maximum atomic E-state index is 12.5. The predicted molar refractivity (Wildman–Crippen MR) is 89.5 cm³/mol. The summed E-state index contributed by atoms with van der Waals surface area (Å²) in [6.45, 7) is 0. The van der Waals surface area contributed by atoms with Crippen LogP contribution >= 0.6 is 15.9 Å². The van der Waals surface area contributed by atoms with Crippen molar-refractivity contribution in [2.24, 2.45) is 0 Å². The van der Waals surface area contributed by atoms with Crippen LogP contribution in [0.25, 0.3) is 0 Å². The first-order valence-corrected chi connectivity index (χ1v) is 7.52. The molecule has 0 heterocycles. The van der Waals surface area contributed by atoms with Gasteiger partial charge in [-0.1, -0.05) is 28.1 Å². The van der Waals surface area contributed by atoms with E-state index in [9.17, 15) is 9.59 Å². The summed E-state index contributed by atoms with van der Waals surface area (Å²) >= 11 is 3.37. The van der Waals surface area contributed by atoms with Gasteiger partial charge in [-0.2, -0.15) is 0 Å². The molecule has 2 aromatic rings. The molecule has 0 aliphatic heterocycles. The molecule has 0 atom stereocenters. The number of nitrogens with one attached hydrogen (secondary N) is 1. The molecule has 2 rings (SSSR count). The molecule has 0 saturated carbocycles. The fraction of sp³-hybridized carbons (Fsp3) is 0.176. The molecule has 2 aromatic carbocycles. The Morgan fingerprint density at radius 3 is 2.41 bits per heavy atom. The van der Waals surface area contributed by atoms with Crippen LogP contribution in [0.15, 0.2) is 46.9 Å². The summed E-state index contributed by atoms with van der Waals surface area (Å²) in [5.41, 5.74) is 2.52. The van der Waals surface area contributed by atoms with Gasteiger partial charge in [0.15, 0.2) is 5.78 Å². The molecule has 4 nitrogen and oxygen atoms in total. The largest absolute Gasteiger partial charge is 0.465 e. The highest BCUT2D eigenvalue weighted by Crippen LogP contribution is 2.21. The van der Waals surface area contributed by atoms with Crippen molar-refractivity contribution < 1.29 is 14.3 Å². The average molecular weight is 362 g/mol. The second-order valence-corrected chi connectivity index (χ2v) is 5.64. The molecule has 0 unspecified atom stereocenters. The van der Waals surface area contributed by atoms with Gasteiger partial charge in [0.25, 0.3) is 0 Å². The van der Waals surface area contributed by atoms with Crippen LogP contribution in [0.1, 0.15) is 26.3 Å². The van der Waals surface area contributed by atoms with Crippen LogP contribution in [0.2, 0.25) is 0 Å². The van der Waals surface area contributed by atoms with Crippen molar-refractivity contribution in [3.63, 3.8) is 0 Å². The van der Waals surface area contributed by atoms with Crippen LogP contribution in [-0.2, 0) is 11.2 Å². The normalized spacial score (nSPS) is 10.1. The van der Waals surface area contributed by atoms with E-state index in [1.54, 1.807) is 25.2 Å². The van der Waals surface area contributed by atoms with E-state index in [1.165, 1.54) is 7.11 Å². The Labute approximate surface area is 137 Å². The number of hydrogen-bond donors (Lipinski definition) is 1. The number of ketones is 1. The molecule has 5 heteroatoms. The number of ether oxygens (including phenoxy) is 1. The minimum absolute atomic E-state index is 0.0110. The van der Waals surface area contributed by atoms with Crippen molar-refractivity contribution in [3.8, 4) is 0 Å². The Morgan fingerprint density at radius 2 is 1.82 bits per heavy atom. The van der Waals surface area contributed by atoms with E-state index < -0.39 is 5.97 Å². The van der Waals surface area contributed by atoms with Crippen LogP contribution in [0.3, 0.4) is 0 Å². The lowest BCUT2D eigenvalue weighted by Crippen LogP contribution is -2.09. The minimum atomic E-state index is -0.427. The van der Waals surface area contributed by atoms with E-state index in [-0.39, 0.29) is 5.78 Å². The number of methoxy groups -OCH3 is 1. The third kappa shape index (κ3) is 3.74. The number of carbonyl (C=O) groups excluding carboxylic acids is 2. The van der Waals surface area contributed by atoms with Crippen molar-refractivity contribution in [2.75, 3.05) is 19.5 Å². The number of carbonyl (C=O) groups is 2. The molecule has 22 heavy (non-hydrogen) atoms. The van der Waals surface area contributed by atoms with E-state index in [1.807, 2.05) is 24.3 Å². The molecule has 0 aromatic heterocycles. The molecule has 0 amide bonds. The number of anilines is 1. The van der Waals surface area contributed by atoms with Gasteiger partial charge in [0.2, 0.25) is 0 Å². The van der Waals surface area contributed by atoms with Crippen molar-refractivity contribution >= 4 is 33.4 Å². The van der Waals surface area contributed by atoms with Gasteiger partial charge in [0.05, 0.1) is 12.7 Å². The third-order valence-corrected chi connectivity index (χ3v) is 3.82. The highest BCUT2D eigenvalue weighted by molar-refractivity contribution is 9.10. The Morgan fingerprint density at radius 1 is 1.14 bits per heavy atom.